The summed E-state index contributed by atoms with van der Waals surface area (Å²) in [5, 5.41) is 9.01. The van der Waals surface area contributed by atoms with Crippen LogP contribution in [0.25, 0.3) is 16.4 Å². The number of pyridine rings is 1. The summed E-state index contributed by atoms with van der Waals surface area (Å²) in [6.07, 6.45) is 7.64. The van der Waals surface area contributed by atoms with Gasteiger partial charge in [0.25, 0.3) is 11.5 Å². The molecular formula is C27H25N5O2. The van der Waals surface area contributed by atoms with E-state index in [0.717, 1.165) is 42.3 Å². The molecule has 2 saturated carbocycles. The number of nitrogens with one attached hydrogen (secondary N) is 1. The lowest BCUT2D eigenvalue weighted by Crippen LogP contribution is -2.32. The van der Waals surface area contributed by atoms with Gasteiger partial charge in [0, 0.05) is 35.6 Å². The third kappa shape index (κ3) is 3.56. The Morgan fingerprint density at radius 1 is 1.21 bits per heavy atom. The van der Waals surface area contributed by atoms with Crippen LogP contribution in [-0.4, -0.2) is 25.1 Å². The summed E-state index contributed by atoms with van der Waals surface area (Å²) >= 11 is 0. The number of rotatable bonds is 4. The van der Waals surface area contributed by atoms with E-state index in [1.807, 2.05) is 35.8 Å². The number of hydrogen-bond donors (Lipinski definition) is 1. The van der Waals surface area contributed by atoms with Gasteiger partial charge < -0.3 is 9.88 Å². The molecule has 0 unspecified atom stereocenters. The lowest BCUT2D eigenvalue weighted by atomic mass is 10.0. The molecule has 0 radical (unpaired) electrons. The second-order valence-corrected chi connectivity index (χ2v) is 9.33. The third-order valence-corrected chi connectivity index (χ3v) is 6.60. The number of aromatic nitrogens is 4. The Bertz CT molecular complexity index is 1580. The maximum absolute atomic E-state index is 13.7. The number of hydrogen-bond acceptors (Lipinski definition) is 4. The zero-order valence-electron chi connectivity index (χ0n) is 19.2. The van der Waals surface area contributed by atoms with Crippen LogP contribution in [0.15, 0.2) is 47.5 Å². The average molecular weight is 452 g/mol. The van der Waals surface area contributed by atoms with Gasteiger partial charge in [0.05, 0.1) is 17.1 Å². The molecule has 2 fully saturated rings. The van der Waals surface area contributed by atoms with Crippen LogP contribution in [0.5, 0.6) is 0 Å². The van der Waals surface area contributed by atoms with Crippen molar-refractivity contribution in [2.45, 2.75) is 51.6 Å². The van der Waals surface area contributed by atoms with Gasteiger partial charge >= 0.3 is 0 Å². The van der Waals surface area contributed by atoms with E-state index in [0.29, 0.717) is 28.2 Å². The highest BCUT2D eigenvalue weighted by atomic mass is 16.2. The number of carbonyl (C=O) groups is 1. The van der Waals surface area contributed by atoms with E-state index in [1.165, 1.54) is 0 Å². The fourth-order valence-corrected chi connectivity index (χ4v) is 4.56. The summed E-state index contributed by atoms with van der Waals surface area (Å²) in [6.45, 7) is 3.72. The first kappa shape index (κ1) is 20.7. The highest BCUT2D eigenvalue weighted by Gasteiger charge is 2.30. The topological polar surface area (TPSA) is 81.3 Å². The summed E-state index contributed by atoms with van der Waals surface area (Å²) < 4.78 is 3.48. The van der Waals surface area contributed by atoms with Gasteiger partial charge in [0.1, 0.15) is 5.56 Å². The van der Waals surface area contributed by atoms with Crippen molar-refractivity contribution < 1.29 is 4.79 Å². The summed E-state index contributed by atoms with van der Waals surface area (Å²) in [5.41, 5.74) is 3.15. The lowest BCUT2D eigenvalue weighted by Gasteiger charge is -2.21. The largest absolute Gasteiger partial charge is 0.344 e. The van der Waals surface area contributed by atoms with Gasteiger partial charge in [-0.05, 0) is 63.1 Å². The predicted octanol–water partition coefficient (Wildman–Crippen LogP) is 3.94. The molecule has 0 spiro atoms. The SMILES string of the molecule is Cc1nn2cccnc2c1C(=O)N[C@@H](C)c1cc2cccc(C#CC3CC3)c2c(=O)n1C1CC1. The van der Waals surface area contributed by atoms with Crippen LogP contribution in [0.3, 0.4) is 0 Å². The van der Waals surface area contributed by atoms with Gasteiger partial charge in [-0.1, -0.05) is 24.0 Å². The van der Waals surface area contributed by atoms with Crippen molar-refractivity contribution in [2.24, 2.45) is 5.92 Å². The molecule has 0 bridgehead atoms. The van der Waals surface area contributed by atoms with Crippen LogP contribution >= 0.6 is 0 Å². The number of benzene rings is 1. The van der Waals surface area contributed by atoms with E-state index in [4.69, 9.17) is 0 Å². The van der Waals surface area contributed by atoms with E-state index >= 15 is 0 Å². The van der Waals surface area contributed by atoms with E-state index in [2.05, 4.69) is 27.2 Å². The molecule has 7 nitrogen and oxygen atoms in total. The van der Waals surface area contributed by atoms with Crippen molar-refractivity contribution in [1.29, 1.82) is 0 Å². The Balaban J connectivity index is 1.41. The van der Waals surface area contributed by atoms with Gasteiger partial charge in [-0.25, -0.2) is 9.50 Å². The van der Waals surface area contributed by atoms with Crippen molar-refractivity contribution in [3.05, 3.63) is 75.6 Å². The van der Waals surface area contributed by atoms with E-state index in [1.54, 1.807) is 29.9 Å². The van der Waals surface area contributed by atoms with Crippen molar-refractivity contribution in [3.8, 4) is 11.8 Å². The monoisotopic (exact) mass is 451 g/mol. The van der Waals surface area contributed by atoms with Crippen LogP contribution in [0.4, 0.5) is 0 Å². The second-order valence-electron chi connectivity index (χ2n) is 9.33. The molecule has 1 aromatic carbocycles. The Morgan fingerprint density at radius 3 is 2.79 bits per heavy atom. The zero-order chi connectivity index (χ0) is 23.4. The molecule has 7 heteroatoms. The molecular weight excluding hydrogens is 426 g/mol. The molecule has 2 aliphatic rings. The Hall–Kier alpha value is -3.92. The van der Waals surface area contributed by atoms with Crippen molar-refractivity contribution in [3.63, 3.8) is 0 Å². The Labute approximate surface area is 196 Å². The maximum Gasteiger partial charge on any atom is 0.260 e. The minimum Gasteiger partial charge on any atom is -0.344 e. The lowest BCUT2D eigenvalue weighted by molar-refractivity contribution is 0.0939. The van der Waals surface area contributed by atoms with E-state index in [9.17, 15) is 9.59 Å². The molecule has 1 N–H and O–H groups in total. The summed E-state index contributed by atoms with van der Waals surface area (Å²) in [5.74, 6) is 6.75. The molecule has 1 amide bonds. The highest BCUT2D eigenvalue weighted by molar-refractivity contribution is 6.01. The van der Waals surface area contributed by atoms with Crippen molar-refractivity contribution >= 4 is 22.3 Å². The van der Waals surface area contributed by atoms with Crippen LogP contribution in [0.2, 0.25) is 0 Å². The Morgan fingerprint density at radius 2 is 2.03 bits per heavy atom. The fourth-order valence-electron chi connectivity index (χ4n) is 4.56. The number of amides is 1. The molecule has 3 aromatic heterocycles. The fraction of sp³-hybridized carbons (Fsp3) is 0.333. The Kier molecular flexibility index (Phi) is 4.77. The molecule has 2 aliphatic carbocycles. The highest BCUT2D eigenvalue weighted by Crippen LogP contribution is 2.37. The van der Waals surface area contributed by atoms with Gasteiger partial charge in [-0.3, -0.25) is 9.59 Å². The van der Waals surface area contributed by atoms with Crippen LogP contribution in [-0.2, 0) is 0 Å². The summed E-state index contributed by atoms with van der Waals surface area (Å²) in [7, 11) is 0. The average Bonchev–Trinajstić information content (AvgIpc) is 3.74. The minimum absolute atomic E-state index is 0.0226. The van der Waals surface area contributed by atoms with Gasteiger partial charge in [-0.15, -0.1) is 0 Å². The number of aryl methyl sites for hydroxylation is 1. The van der Waals surface area contributed by atoms with Crippen molar-refractivity contribution in [1.82, 2.24) is 24.5 Å². The van der Waals surface area contributed by atoms with Gasteiger partial charge in [0.15, 0.2) is 5.65 Å². The number of nitrogens with zero attached hydrogens (tertiary/aromatic N) is 4. The standard InChI is InChI=1S/C27H25N5O2/c1-16(29-26(33)23-17(2)30-31-14-4-13-28-25(23)31)22-15-20-6-3-5-19(10-9-18-7-8-18)24(20)27(34)32(22)21-11-12-21/h3-6,13-16,18,21H,7-8,11-12H2,1-2H3,(H,29,33)/t16-/m0/s1. The second kappa shape index (κ2) is 7.84. The van der Waals surface area contributed by atoms with Crippen LogP contribution in [0.1, 0.15) is 72.0 Å². The third-order valence-electron chi connectivity index (χ3n) is 6.60. The van der Waals surface area contributed by atoms with Crippen LogP contribution in [0, 0.1) is 24.7 Å². The summed E-state index contributed by atoms with van der Waals surface area (Å²) in [6, 6.07) is 9.43. The normalized spacial score (nSPS) is 16.3. The smallest absolute Gasteiger partial charge is 0.260 e. The molecule has 1 atom stereocenters. The molecule has 170 valence electrons. The maximum atomic E-state index is 13.7. The predicted molar refractivity (Wildman–Crippen MR) is 130 cm³/mol. The molecule has 0 aliphatic heterocycles. The molecule has 3 heterocycles. The summed E-state index contributed by atoms with van der Waals surface area (Å²) in [4.78, 5) is 31.3. The first-order valence-electron chi connectivity index (χ1n) is 11.8. The molecule has 4 aromatic rings. The van der Waals surface area contributed by atoms with E-state index in [-0.39, 0.29) is 23.6 Å². The molecule has 0 saturated heterocycles. The molecule has 6 rings (SSSR count). The van der Waals surface area contributed by atoms with E-state index < -0.39 is 0 Å². The zero-order valence-corrected chi connectivity index (χ0v) is 19.2. The first-order valence-corrected chi connectivity index (χ1v) is 11.8. The van der Waals surface area contributed by atoms with Gasteiger partial charge in [0.2, 0.25) is 0 Å². The van der Waals surface area contributed by atoms with Gasteiger partial charge in [-0.2, -0.15) is 5.10 Å². The first-order chi connectivity index (χ1) is 16.5. The minimum atomic E-state index is -0.371. The number of fused-ring (bicyclic) bond motifs is 2. The van der Waals surface area contributed by atoms with Crippen LogP contribution < -0.4 is 10.9 Å². The molecule has 34 heavy (non-hydrogen) atoms. The van der Waals surface area contributed by atoms with Crippen molar-refractivity contribution in [2.75, 3.05) is 0 Å². The number of carbonyl (C=O) groups excluding carboxylic acids is 1. The quantitative estimate of drug-likeness (QED) is 0.477.